The second-order valence-electron chi connectivity index (χ2n) is 5.23. The van der Waals surface area contributed by atoms with Crippen molar-refractivity contribution in [3.63, 3.8) is 0 Å². The first-order valence-electron chi connectivity index (χ1n) is 7.07. The fourth-order valence-corrected chi connectivity index (χ4v) is 4.30. The van der Waals surface area contributed by atoms with E-state index in [0.717, 1.165) is 17.7 Å². The number of pyridine rings is 1. The van der Waals surface area contributed by atoms with Crippen LogP contribution in [0.15, 0.2) is 47.6 Å². The molecule has 0 radical (unpaired) electrons. The lowest BCUT2D eigenvalue weighted by Crippen LogP contribution is -2.48. The Hall–Kier alpha value is -1.90. The second kappa shape index (κ2) is 6.31. The van der Waals surface area contributed by atoms with Gasteiger partial charge < -0.3 is 5.32 Å². The highest BCUT2D eigenvalue weighted by Gasteiger charge is 2.35. The number of halogens is 2. The molecule has 0 bridgehead atoms. The lowest BCUT2D eigenvalue weighted by atomic mass is 10.1. The Bertz CT molecular complexity index is 779. The zero-order chi connectivity index (χ0) is 16.4. The number of hydrogen-bond acceptors (Lipinski definition) is 4. The molecule has 1 aliphatic rings. The fraction of sp³-hybridized carbons (Fsp3) is 0.267. The average Bonchev–Trinajstić information content (AvgIpc) is 2.55. The zero-order valence-corrected chi connectivity index (χ0v) is 12.9. The molecule has 23 heavy (non-hydrogen) atoms. The Balaban J connectivity index is 2.02. The van der Waals surface area contributed by atoms with Gasteiger partial charge in [-0.25, -0.2) is 17.2 Å². The van der Waals surface area contributed by atoms with Crippen molar-refractivity contribution in [1.82, 2.24) is 14.6 Å². The molecular weight excluding hydrogens is 324 g/mol. The van der Waals surface area contributed by atoms with Gasteiger partial charge in [0, 0.05) is 38.1 Å². The van der Waals surface area contributed by atoms with Crippen LogP contribution in [0.25, 0.3) is 0 Å². The molecule has 1 aromatic heterocycles. The molecule has 0 amide bonds. The number of rotatable bonds is 3. The van der Waals surface area contributed by atoms with Gasteiger partial charge in [0.25, 0.3) is 0 Å². The first-order chi connectivity index (χ1) is 11.0. The molecule has 0 aliphatic carbocycles. The number of benzene rings is 1. The van der Waals surface area contributed by atoms with Crippen molar-refractivity contribution in [3.05, 3.63) is 59.9 Å². The van der Waals surface area contributed by atoms with Crippen LogP contribution in [-0.4, -0.2) is 37.3 Å². The maximum absolute atomic E-state index is 13.4. The summed E-state index contributed by atoms with van der Waals surface area (Å²) < 4.78 is 53.7. The Labute approximate surface area is 133 Å². The van der Waals surface area contributed by atoms with Crippen molar-refractivity contribution in [2.45, 2.75) is 10.9 Å². The van der Waals surface area contributed by atoms with Crippen LogP contribution in [0.5, 0.6) is 0 Å². The molecule has 1 unspecified atom stereocenters. The summed E-state index contributed by atoms with van der Waals surface area (Å²) in [7, 11) is -4.02. The van der Waals surface area contributed by atoms with Crippen LogP contribution in [-0.2, 0) is 10.0 Å². The van der Waals surface area contributed by atoms with Crippen LogP contribution in [0.4, 0.5) is 8.78 Å². The Morgan fingerprint density at radius 1 is 1.22 bits per heavy atom. The lowest BCUT2D eigenvalue weighted by Gasteiger charge is -2.35. The third-order valence-electron chi connectivity index (χ3n) is 3.71. The first-order valence-corrected chi connectivity index (χ1v) is 8.51. The van der Waals surface area contributed by atoms with Crippen LogP contribution in [0.3, 0.4) is 0 Å². The van der Waals surface area contributed by atoms with E-state index in [1.54, 1.807) is 24.5 Å². The summed E-state index contributed by atoms with van der Waals surface area (Å²) >= 11 is 0. The molecule has 3 rings (SSSR count). The predicted octanol–water partition coefficient (Wildman–Crippen LogP) is 1.70. The minimum atomic E-state index is -4.02. The molecule has 1 saturated heterocycles. The fourth-order valence-electron chi connectivity index (χ4n) is 2.64. The molecule has 8 heteroatoms. The minimum absolute atomic E-state index is 0.208. The van der Waals surface area contributed by atoms with E-state index >= 15 is 0 Å². The van der Waals surface area contributed by atoms with Crippen LogP contribution in [0.1, 0.15) is 11.6 Å². The molecule has 0 saturated carbocycles. The van der Waals surface area contributed by atoms with E-state index in [-0.39, 0.29) is 11.4 Å². The van der Waals surface area contributed by atoms with E-state index in [9.17, 15) is 17.2 Å². The van der Waals surface area contributed by atoms with Crippen molar-refractivity contribution in [2.75, 3.05) is 19.6 Å². The summed E-state index contributed by atoms with van der Waals surface area (Å²) in [6.45, 7) is 1.08. The summed E-state index contributed by atoms with van der Waals surface area (Å²) in [5, 5.41) is 3.13. The summed E-state index contributed by atoms with van der Waals surface area (Å²) in [5.41, 5.74) is 0.722. The maximum Gasteiger partial charge on any atom is 0.243 e. The van der Waals surface area contributed by atoms with Crippen LogP contribution in [0.2, 0.25) is 0 Å². The zero-order valence-electron chi connectivity index (χ0n) is 12.1. The molecule has 0 spiro atoms. The molecule has 1 aromatic carbocycles. The number of hydrogen-bond donors (Lipinski definition) is 1. The van der Waals surface area contributed by atoms with Gasteiger partial charge in [-0.1, -0.05) is 6.07 Å². The summed E-state index contributed by atoms with van der Waals surface area (Å²) in [4.78, 5) is 3.62. The van der Waals surface area contributed by atoms with E-state index in [1.807, 2.05) is 0 Å². The summed E-state index contributed by atoms with van der Waals surface area (Å²) in [6.07, 6.45) is 3.19. The monoisotopic (exact) mass is 339 g/mol. The van der Waals surface area contributed by atoms with Gasteiger partial charge in [0.05, 0.1) is 10.9 Å². The summed E-state index contributed by atoms with van der Waals surface area (Å²) in [6, 6.07) is 5.33. The minimum Gasteiger partial charge on any atom is -0.313 e. The standard InChI is InChI=1S/C15H15F2N3O2S/c16-12-6-13(17)8-14(7-12)23(21,22)20-5-4-19-10-15(20)11-2-1-3-18-9-11/h1-3,6-9,15,19H,4-5,10H2. The summed E-state index contributed by atoms with van der Waals surface area (Å²) in [5.74, 6) is -1.84. The van der Waals surface area contributed by atoms with Crippen LogP contribution in [0, 0.1) is 11.6 Å². The highest BCUT2D eigenvalue weighted by atomic mass is 32.2. The van der Waals surface area contributed by atoms with Crippen molar-refractivity contribution < 1.29 is 17.2 Å². The van der Waals surface area contributed by atoms with Gasteiger partial charge in [-0.3, -0.25) is 4.98 Å². The Morgan fingerprint density at radius 3 is 2.61 bits per heavy atom. The maximum atomic E-state index is 13.4. The molecule has 2 heterocycles. The largest absolute Gasteiger partial charge is 0.313 e. The predicted molar refractivity (Wildman–Crippen MR) is 80.1 cm³/mol. The van der Waals surface area contributed by atoms with E-state index in [2.05, 4.69) is 10.3 Å². The SMILES string of the molecule is O=S(=O)(c1cc(F)cc(F)c1)N1CCNCC1c1cccnc1. The van der Waals surface area contributed by atoms with Crippen LogP contribution >= 0.6 is 0 Å². The Kier molecular flexibility index (Phi) is 4.38. The number of sulfonamides is 1. The number of piperazine rings is 1. The van der Waals surface area contributed by atoms with Gasteiger partial charge in [-0.15, -0.1) is 0 Å². The molecule has 2 aromatic rings. The van der Waals surface area contributed by atoms with E-state index in [1.165, 1.54) is 4.31 Å². The highest BCUT2D eigenvalue weighted by Crippen LogP contribution is 2.29. The van der Waals surface area contributed by atoms with Crippen molar-refractivity contribution >= 4 is 10.0 Å². The van der Waals surface area contributed by atoms with Gasteiger partial charge >= 0.3 is 0 Å². The van der Waals surface area contributed by atoms with Crippen molar-refractivity contribution in [1.29, 1.82) is 0 Å². The normalized spacial score (nSPS) is 19.7. The Morgan fingerprint density at radius 2 is 1.96 bits per heavy atom. The quantitative estimate of drug-likeness (QED) is 0.924. The topological polar surface area (TPSA) is 62.3 Å². The van der Waals surface area contributed by atoms with Crippen LogP contribution < -0.4 is 5.32 Å². The van der Waals surface area contributed by atoms with Crippen molar-refractivity contribution in [3.8, 4) is 0 Å². The third kappa shape index (κ3) is 3.24. The molecule has 1 N–H and O–H groups in total. The number of aromatic nitrogens is 1. The first kappa shape index (κ1) is 16.0. The number of nitrogens with one attached hydrogen (secondary N) is 1. The van der Waals surface area contributed by atoms with Gasteiger partial charge in [0.15, 0.2) is 0 Å². The molecular formula is C15H15F2N3O2S. The van der Waals surface area contributed by atoms with E-state index in [0.29, 0.717) is 19.2 Å². The van der Waals surface area contributed by atoms with Gasteiger partial charge in [0.2, 0.25) is 10.0 Å². The van der Waals surface area contributed by atoms with Gasteiger partial charge in [-0.05, 0) is 23.8 Å². The second-order valence-corrected chi connectivity index (χ2v) is 7.12. The lowest BCUT2D eigenvalue weighted by molar-refractivity contribution is 0.271. The highest BCUT2D eigenvalue weighted by molar-refractivity contribution is 7.89. The molecule has 122 valence electrons. The molecule has 1 aliphatic heterocycles. The molecule has 5 nitrogen and oxygen atoms in total. The average molecular weight is 339 g/mol. The number of nitrogens with zero attached hydrogens (tertiary/aromatic N) is 2. The van der Waals surface area contributed by atoms with Crippen molar-refractivity contribution in [2.24, 2.45) is 0 Å². The smallest absolute Gasteiger partial charge is 0.243 e. The molecule has 1 fully saturated rings. The van der Waals surface area contributed by atoms with E-state index < -0.39 is 27.7 Å². The van der Waals surface area contributed by atoms with Gasteiger partial charge in [0.1, 0.15) is 11.6 Å². The van der Waals surface area contributed by atoms with Gasteiger partial charge in [-0.2, -0.15) is 4.31 Å². The van der Waals surface area contributed by atoms with E-state index in [4.69, 9.17) is 0 Å². The molecule has 1 atom stereocenters. The third-order valence-corrected chi connectivity index (χ3v) is 5.59.